The molecule has 2 unspecified atom stereocenters. The lowest BCUT2D eigenvalue weighted by atomic mass is 9.89. The molecule has 1 N–H and O–H groups in total. The molecule has 1 saturated carbocycles. The van der Waals surface area contributed by atoms with Crippen molar-refractivity contribution in [2.24, 2.45) is 11.8 Å². The highest BCUT2D eigenvalue weighted by Crippen LogP contribution is 2.34. The van der Waals surface area contributed by atoms with Crippen LogP contribution >= 0.6 is 22.6 Å². The Bertz CT molecular complexity index is 358. The van der Waals surface area contributed by atoms with Crippen LogP contribution in [-0.4, -0.2) is 12.6 Å². The highest BCUT2D eigenvalue weighted by Gasteiger charge is 2.26. The fraction of sp³-hybridized carbons (Fsp3) is 0.625. The summed E-state index contributed by atoms with van der Waals surface area (Å²) in [5, 5.41) is 3.61. The van der Waals surface area contributed by atoms with Crippen molar-refractivity contribution >= 4 is 22.6 Å². The lowest BCUT2D eigenvalue weighted by molar-refractivity contribution is 0.354. The molecule has 0 radical (unpaired) electrons. The average molecular weight is 357 g/mol. The van der Waals surface area contributed by atoms with Gasteiger partial charge in [0.05, 0.1) is 0 Å². The molecule has 2 rings (SSSR count). The maximum Gasteiger partial charge on any atom is 0.0130 e. The maximum atomic E-state index is 3.61. The van der Waals surface area contributed by atoms with Gasteiger partial charge in [-0.2, -0.15) is 0 Å². The molecule has 1 aliphatic carbocycles. The van der Waals surface area contributed by atoms with Gasteiger partial charge in [0.15, 0.2) is 0 Å². The third-order valence-electron chi connectivity index (χ3n) is 4.02. The van der Waals surface area contributed by atoms with Crippen molar-refractivity contribution in [1.29, 1.82) is 0 Å². The van der Waals surface area contributed by atoms with Gasteiger partial charge in [-0.1, -0.05) is 32.4 Å². The third-order valence-corrected chi connectivity index (χ3v) is 4.74. The number of nitrogens with one attached hydrogen (secondary N) is 1. The molecule has 1 fully saturated rings. The minimum Gasteiger partial charge on any atom is -0.314 e. The van der Waals surface area contributed by atoms with Gasteiger partial charge in [0.2, 0.25) is 0 Å². The summed E-state index contributed by atoms with van der Waals surface area (Å²) >= 11 is 2.38. The molecular weight excluding hydrogens is 333 g/mol. The lowest BCUT2D eigenvalue weighted by Gasteiger charge is -2.21. The topological polar surface area (TPSA) is 12.0 Å². The molecule has 1 aromatic rings. The number of benzene rings is 1. The molecule has 2 heteroatoms. The predicted octanol–water partition coefficient (Wildman–Crippen LogP) is 4.25. The summed E-state index contributed by atoms with van der Waals surface area (Å²) in [6, 6.07) is 9.67. The zero-order valence-corrected chi connectivity index (χ0v) is 13.6. The first-order valence-electron chi connectivity index (χ1n) is 7.13. The Morgan fingerprint density at radius 3 is 2.50 bits per heavy atom. The number of rotatable bonds is 5. The van der Waals surface area contributed by atoms with Gasteiger partial charge >= 0.3 is 0 Å². The van der Waals surface area contributed by atoms with E-state index in [1.54, 1.807) is 0 Å². The summed E-state index contributed by atoms with van der Waals surface area (Å²) in [7, 11) is 0. The fourth-order valence-corrected chi connectivity index (χ4v) is 3.32. The Morgan fingerprint density at radius 2 is 1.83 bits per heavy atom. The summed E-state index contributed by atoms with van der Waals surface area (Å²) in [5.41, 5.74) is 1.51. The predicted molar refractivity (Wildman–Crippen MR) is 86.8 cm³/mol. The summed E-state index contributed by atoms with van der Waals surface area (Å²) in [6.45, 7) is 5.68. The van der Waals surface area contributed by atoms with E-state index in [9.17, 15) is 0 Å². The van der Waals surface area contributed by atoms with Gasteiger partial charge in [-0.3, -0.25) is 0 Å². The molecule has 100 valence electrons. The van der Waals surface area contributed by atoms with E-state index in [1.807, 2.05) is 0 Å². The fourth-order valence-electron chi connectivity index (χ4n) is 2.96. The quantitative estimate of drug-likeness (QED) is 0.777. The van der Waals surface area contributed by atoms with E-state index in [1.165, 1.54) is 41.4 Å². The molecule has 18 heavy (non-hydrogen) atoms. The SMILES string of the molecule is CC(C)NCC1CCCC1Cc1ccc(I)cc1. The van der Waals surface area contributed by atoms with Crippen molar-refractivity contribution in [3.63, 3.8) is 0 Å². The Labute approximate surface area is 125 Å². The van der Waals surface area contributed by atoms with Crippen LogP contribution in [0.2, 0.25) is 0 Å². The van der Waals surface area contributed by atoms with Crippen molar-refractivity contribution in [2.75, 3.05) is 6.54 Å². The first-order chi connectivity index (χ1) is 8.65. The Kier molecular flexibility index (Phi) is 5.49. The van der Waals surface area contributed by atoms with Crippen molar-refractivity contribution in [3.8, 4) is 0 Å². The molecule has 1 aliphatic rings. The minimum atomic E-state index is 0.615. The van der Waals surface area contributed by atoms with Crippen molar-refractivity contribution in [1.82, 2.24) is 5.32 Å². The molecule has 0 aliphatic heterocycles. The van der Waals surface area contributed by atoms with Crippen LogP contribution < -0.4 is 5.32 Å². The Hall–Kier alpha value is -0.0900. The molecule has 0 heterocycles. The second-order valence-corrected chi connectivity index (χ2v) is 7.09. The molecule has 0 bridgehead atoms. The zero-order chi connectivity index (χ0) is 13.0. The van der Waals surface area contributed by atoms with Gasteiger partial charge in [-0.25, -0.2) is 0 Å². The monoisotopic (exact) mass is 357 g/mol. The number of hydrogen-bond donors (Lipinski definition) is 1. The summed E-state index contributed by atoms with van der Waals surface area (Å²) in [6.07, 6.45) is 5.51. The van der Waals surface area contributed by atoms with Gasteiger partial charge in [0.1, 0.15) is 0 Å². The van der Waals surface area contributed by atoms with E-state index in [4.69, 9.17) is 0 Å². The molecular formula is C16H24IN. The smallest absolute Gasteiger partial charge is 0.0130 e. The standard InChI is InChI=1S/C16H24IN/c1-12(2)18-11-15-5-3-4-14(15)10-13-6-8-16(17)9-7-13/h6-9,12,14-15,18H,3-5,10-11H2,1-2H3. The molecule has 2 atom stereocenters. The zero-order valence-electron chi connectivity index (χ0n) is 11.5. The first-order valence-corrected chi connectivity index (χ1v) is 8.21. The lowest BCUT2D eigenvalue weighted by Crippen LogP contribution is -2.31. The van der Waals surface area contributed by atoms with E-state index in [0.717, 1.165) is 11.8 Å². The largest absolute Gasteiger partial charge is 0.314 e. The summed E-state index contributed by atoms with van der Waals surface area (Å²) < 4.78 is 1.33. The second kappa shape index (κ2) is 6.90. The summed E-state index contributed by atoms with van der Waals surface area (Å²) in [5.74, 6) is 1.77. The van der Waals surface area contributed by atoms with E-state index >= 15 is 0 Å². The average Bonchev–Trinajstić information content (AvgIpc) is 2.77. The van der Waals surface area contributed by atoms with E-state index in [-0.39, 0.29) is 0 Å². The van der Waals surface area contributed by atoms with Crippen molar-refractivity contribution < 1.29 is 0 Å². The first kappa shape index (κ1) is 14.3. The molecule has 0 spiro atoms. The van der Waals surface area contributed by atoms with Gasteiger partial charge in [0, 0.05) is 9.61 Å². The van der Waals surface area contributed by atoms with Crippen LogP contribution in [0, 0.1) is 15.4 Å². The molecule has 1 aromatic carbocycles. The molecule has 0 saturated heterocycles. The highest BCUT2D eigenvalue weighted by atomic mass is 127. The Morgan fingerprint density at radius 1 is 1.17 bits per heavy atom. The molecule has 1 nitrogen and oxygen atoms in total. The summed E-state index contributed by atoms with van der Waals surface area (Å²) in [4.78, 5) is 0. The van der Waals surface area contributed by atoms with E-state index in [0.29, 0.717) is 6.04 Å². The maximum absolute atomic E-state index is 3.61. The van der Waals surface area contributed by atoms with Crippen LogP contribution in [0.3, 0.4) is 0 Å². The molecule has 0 amide bonds. The highest BCUT2D eigenvalue weighted by molar-refractivity contribution is 14.1. The van der Waals surface area contributed by atoms with Crippen LogP contribution in [0.1, 0.15) is 38.7 Å². The Balaban J connectivity index is 1.89. The van der Waals surface area contributed by atoms with Crippen LogP contribution in [0.4, 0.5) is 0 Å². The van der Waals surface area contributed by atoms with Gasteiger partial charge in [-0.05, 0) is 77.9 Å². The molecule has 0 aromatic heterocycles. The third kappa shape index (κ3) is 4.23. The number of hydrogen-bond acceptors (Lipinski definition) is 1. The van der Waals surface area contributed by atoms with Gasteiger partial charge in [-0.15, -0.1) is 0 Å². The number of halogens is 1. The van der Waals surface area contributed by atoms with Crippen molar-refractivity contribution in [2.45, 2.75) is 45.6 Å². The van der Waals surface area contributed by atoms with E-state index in [2.05, 4.69) is 66.0 Å². The minimum absolute atomic E-state index is 0.615. The van der Waals surface area contributed by atoms with Crippen LogP contribution in [0.25, 0.3) is 0 Å². The normalized spacial score (nSPS) is 23.8. The second-order valence-electron chi connectivity index (χ2n) is 5.84. The van der Waals surface area contributed by atoms with Crippen LogP contribution in [0.5, 0.6) is 0 Å². The van der Waals surface area contributed by atoms with E-state index < -0.39 is 0 Å². The van der Waals surface area contributed by atoms with Crippen LogP contribution in [0.15, 0.2) is 24.3 Å². The van der Waals surface area contributed by atoms with Gasteiger partial charge < -0.3 is 5.32 Å². The van der Waals surface area contributed by atoms with Crippen molar-refractivity contribution in [3.05, 3.63) is 33.4 Å². The van der Waals surface area contributed by atoms with Crippen LogP contribution in [-0.2, 0) is 6.42 Å². The van der Waals surface area contributed by atoms with Gasteiger partial charge in [0.25, 0.3) is 0 Å².